The third kappa shape index (κ3) is 2.24. The molecule has 3 N–H and O–H groups in total. The molecule has 2 aromatic rings. The van der Waals surface area contributed by atoms with Crippen molar-refractivity contribution in [3.05, 3.63) is 34.5 Å². The van der Waals surface area contributed by atoms with Crippen molar-refractivity contribution < 1.29 is 15.0 Å². The molecule has 1 heterocycles. The Hall–Kier alpha value is -1.81. The Kier molecular flexibility index (Phi) is 3.37. The Bertz CT molecular complexity index is 638. The van der Waals surface area contributed by atoms with Crippen LogP contribution in [0.25, 0.3) is 10.9 Å². The van der Waals surface area contributed by atoms with Crippen LogP contribution in [0.4, 0.5) is 0 Å². The highest BCUT2D eigenvalue weighted by Crippen LogP contribution is 2.33. The van der Waals surface area contributed by atoms with E-state index in [0.29, 0.717) is 0 Å². The number of hydrogen-bond donors (Lipinski definition) is 3. The zero-order valence-corrected chi connectivity index (χ0v) is 11.6. The van der Waals surface area contributed by atoms with Crippen LogP contribution in [0.5, 0.6) is 0 Å². The van der Waals surface area contributed by atoms with E-state index in [4.69, 9.17) is 0 Å². The second kappa shape index (κ2) is 4.70. The number of benzene rings is 1. The lowest BCUT2D eigenvalue weighted by Crippen LogP contribution is -2.00. The molecule has 1 aromatic heterocycles. The van der Waals surface area contributed by atoms with Gasteiger partial charge in [-0.05, 0) is 37.5 Å². The number of hydrogen-bond acceptors (Lipinski definition) is 2. The third-order valence-corrected chi connectivity index (χ3v) is 3.46. The Morgan fingerprint density at radius 1 is 1.26 bits per heavy atom. The minimum Gasteiger partial charge on any atom is -0.478 e. The number of aromatic carboxylic acids is 1. The van der Waals surface area contributed by atoms with Gasteiger partial charge >= 0.3 is 5.97 Å². The SMILES string of the molecule is Cc1[nH]c2c(C(C)C)cc(C(=O)O)cc2c1C(C)O. The second-order valence-corrected chi connectivity index (χ2v) is 5.29. The highest BCUT2D eigenvalue weighted by Gasteiger charge is 2.19. The number of H-pyrrole nitrogens is 1. The number of carboxylic acids is 1. The lowest BCUT2D eigenvalue weighted by Gasteiger charge is -2.10. The van der Waals surface area contributed by atoms with Gasteiger partial charge in [-0.15, -0.1) is 0 Å². The molecule has 0 spiro atoms. The van der Waals surface area contributed by atoms with E-state index in [1.165, 1.54) is 0 Å². The van der Waals surface area contributed by atoms with Crippen LogP contribution >= 0.6 is 0 Å². The van der Waals surface area contributed by atoms with Gasteiger partial charge in [0, 0.05) is 22.2 Å². The van der Waals surface area contributed by atoms with Crippen LogP contribution in [-0.4, -0.2) is 21.2 Å². The molecule has 102 valence electrons. The smallest absolute Gasteiger partial charge is 0.335 e. The number of aromatic amines is 1. The minimum absolute atomic E-state index is 0.210. The molecule has 0 aliphatic rings. The normalized spacial score (nSPS) is 13.2. The van der Waals surface area contributed by atoms with Crippen molar-refractivity contribution in [2.75, 3.05) is 0 Å². The van der Waals surface area contributed by atoms with Crippen LogP contribution in [0, 0.1) is 6.92 Å². The van der Waals surface area contributed by atoms with Gasteiger partial charge in [0.05, 0.1) is 11.7 Å². The number of nitrogens with one attached hydrogen (secondary N) is 1. The summed E-state index contributed by atoms with van der Waals surface area (Å²) in [6, 6.07) is 3.34. The van der Waals surface area contributed by atoms with E-state index >= 15 is 0 Å². The number of rotatable bonds is 3. The molecule has 0 fully saturated rings. The molecule has 1 aromatic carbocycles. The van der Waals surface area contributed by atoms with Gasteiger partial charge in [-0.3, -0.25) is 0 Å². The van der Waals surface area contributed by atoms with Crippen LogP contribution in [-0.2, 0) is 0 Å². The molecule has 0 aliphatic heterocycles. The number of carbonyl (C=O) groups is 1. The maximum Gasteiger partial charge on any atom is 0.335 e. The Balaban J connectivity index is 2.87. The van der Waals surface area contributed by atoms with Gasteiger partial charge in [0.25, 0.3) is 0 Å². The van der Waals surface area contributed by atoms with Gasteiger partial charge in [-0.1, -0.05) is 13.8 Å². The quantitative estimate of drug-likeness (QED) is 0.793. The average molecular weight is 261 g/mol. The van der Waals surface area contributed by atoms with E-state index in [9.17, 15) is 15.0 Å². The first-order valence-electron chi connectivity index (χ1n) is 6.40. The molecular formula is C15H19NO3. The third-order valence-electron chi connectivity index (χ3n) is 3.46. The highest BCUT2D eigenvalue weighted by atomic mass is 16.4. The first kappa shape index (κ1) is 13.6. The van der Waals surface area contributed by atoms with E-state index in [0.717, 1.165) is 27.7 Å². The summed E-state index contributed by atoms with van der Waals surface area (Å²) in [4.78, 5) is 14.5. The topological polar surface area (TPSA) is 73.3 Å². The summed E-state index contributed by atoms with van der Waals surface area (Å²) < 4.78 is 0. The second-order valence-electron chi connectivity index (χ2n) is 5.29. The molecule has 0 saturated carbocycles. The fourth-order valence-corrected chi connectivity index (χ4v) is 2.59. The van der Waals surface area contributed by atoms with Crippen molar-refractivity contribution in [1.82, 2.24) is 4.98 Å². The van der Waals surface area contributed by atoms with Crippen molar-refractivity contribution >= 4 is 16.9 Å². The van der Waals surface area contributed by atoms with E-state index < -0.39 is 12.1 Å². The predicted molar refractivity (Wildman–Crippen MR) is 74.7 cm³/mol. The van der Waals surface area contributed by atoms with Crippen LogP contribution in [0.15, 0.2) is 12.1 Å². The van der Waals surface area contributed by atoms with E-state index in [2.05, 4.69) is 4.98 Å². The fourth-order valence-electron chi connectivity index (χ4n) is 2.59. The summed E-state index contributed by atoms with van der Waals surface area (Å²) in [7, 11) is 0. The summed E-state index contributed by atoms with van der Waals surface area (Å²) in [5.74, 6) is -0.735. The number of aliphatic hydroxyl groups excluding tert-OH is 1. The molecule has 0 aliphatic carbocycles. The summed E-state index contributed by atoms with van der Waals surface area (Å²) in [6.07, 6.45) is -0.627. The minimum atomic E-state index is -0.945. The van der Waals surface area contributed by atoms with E-state index in [1.807, 2.05) is 20.8 Å². The number of aliphatic hydroxyl groups is 1. The Morgan fingerprint density at radius 3 is 2.37 bits per heavy atom. The highest BCUT2D eigenvalue weighted by molar-refractivity contribution is 5.97. The largest absolute Gasteiger partial charge is 0.478 e. The molecule has 0 amide bonds. The van der Waals surface area contributed by atoms with Crippen LogP contribution < -0.4 is 0 Å². The van der Waals surface area contributed by atoms with E-state index in [-0.39, 0.29) is 11.5 Å². The summed E-state index contributed by atoms with van der Waals surface area (Å²) in [6.45, 7) is 7.64. The van der Waals surface area contributed by atoms with Crippen molar-refractivity contribution in [2.45, 2.75) is 39.7 Å². The van der Waals surface area contributed by atoms with Crippen LogP contribution in [0.2, 0.25) is 0 Å². The zero-order valence-electron chi connectivity index (χ0n) is 11.6. The van der Waals surface area contributed by atoms with Crippen molar-refractivity contribution in [3.8, 4) is 0 Å². The molecule has 1 unspecified atom stereocenters. The first-order chi connectivity index (χ1) is 8.82. The predicted octanol–water partition coefficient (Wildman–Crippen LogP) is 3.35. The van der Waals surface area contributed by atoms with Gasteiger partial charge in [-0.2, -0.15) is 0 Å². The molecule has 0 saturated heterocycles. The van der Waals surface area contributed by atoms with Crippen LogP contribution in [0.3, 0.4) is 0 Å². The molecule has 0 bridgehead atoms. The Labute approximate surface area is 112 Å². The van der Waals surface area contributed by atoms with Gasteiger partial charge in [0.1, 0.15) is 0 Å². The standard InChI is InChI=1S/C15H19NO3/c1-7(2)11-5-10(15(18)19)6-12-13(9(4)17)8(3)16-14(11)12/h5-7,9,16-17H,1-4H3,(H,18,19). The summed E-state index contributed by atoms with van der Waals surface area (Å²) >= 11 is 0. The molecular weight excluding hydrogens is 242 g/mol. The monoisotopic (exact) mass is 261 g/mol. The van der Waals surface area contributed by atoms with Gasteiger partial charge in [-0.25, -0.2) is 4.79 Å². The lowest BCUT2D eigenvalue weighted by atomic mass is 9.95. The lowest BCUT2D eigenvalue weighted by molar-refractivity contribution is 0.0697. The zero-order chi connectivity index (χ0) is 14.3. The maximum absolute atomic E-state index is 11.2. The molecule has 1 atom stereocenters. The van der Waals surface area contributed by atoms with Crippen molar-refractivity contribution in [2.24, 2.45) is 0 Å². The Morgan fingerprint density at radius 2 is 1.89 bits per heavy atom. The van der Waals surface area contributed by atoms with Gasteiger partial charge in [0.15, 0.2) is 0 Å². The number of carboxylic acid groups (broad SMARTS) is 1. The number of aryl methyl sites for hydroxylation is 1. The van der Waals surface area contributed by atoms with E-state index in [1.54, 1.807) is 19.1 Å². The molecule has 2 rings (SSSR count). The number of aromatic nitrogens is 1. The molecule has 0 radical (unpaired) electrons. The molecule has 4 nitrogen and oxygen atoms in total. The molecule has 4 heteroatoms. The van der Waals surface area contributed by atoms with Crippen molar-refractivity contribution in [3.63, 3.8) is 0 Å². The summed E-state index contributed by atoms with van der Waals surface area (Å²) in [5.41, 5.74) is 3.81. The summed E-state index contributed by atoms with van der Waals surface area (Å²) in [5, 5.41) is 19.9. The van der Waals surface area contributed by atoms with Crippen LogP contribution in [0.1, 0.15) is 60.0 Å². The molecule has 19 heavy (non-hydrogen) atoms. The number of fused-ring (bicyclic) bond motifs is 1. The van der Waals surface area contributed by atoms with Crippen molar-refractivity contribution in [1.29, 1.82) is 0 Å². The first-order valence-corrected chi connectivity index (χ1v) is 6.40. The van der Waals surface area contributed by atoms with Gasteiger partial charge in [0.2, 0.25) is 0 Å². The van der Waals surface area contributed by atoms with Gasteiger partial charge < -0.3 is 15.2 Å². The average Bonchev–Trinajstić information content (AvgIpc) is 2.62. The maximum atomic E-state index is 11.2. The fraction of sp³-hybridized carbons (Fsp3) is 0.400.